The molecule has 0 saturated heterocycles. The van der Waals surface area contributed by atoms with Crippen LogP contribution in [-0.2, 0) is 10.5 Å². The largest absolute Gasteiger partial charge is 0.355 e. The molecule has 5 heteroatoms. The van der Waals surface area contributed by atoms with Crippen LogP contribution in [-0.4, -0.2) is 31.8 Å². The molecule has 0 spiro atoms. The highest BCUT2D eigenvalue weighted by molar-refractivity contribution is 7.98. The lowest BCUT2D eigenvalue weighted by atomic mass is 10.1. The average molecular weight is 353 g/mol. The van der Waals surface area contributed by atoms with Gasteiger partial charge in [0, 0.05) is 30.5 Å². The maximum absolute atomic E-state index is 11.8. The molecule has 0 aliphatic heterocycles. The van der Waals surface area contributed by atoms with Crippen LogP contribution in [0.15, 0.2) is 42.5 Å². The highest BCUT2D eigenvalue weighted by Crippen LogP contribution is 2.22. The summed E-state index contributed by atoms with van der Waals surface area (Å²) in [6.45, 7) is 3.38. The van der Waals surface area contributed by atoms with Gasteiger partial charge in [0.15, 0.2) is 0 Å². The van der Waals surface area contributed by atoms with Gasteiger partial charge in [0.25, 0.3) is 0 Å². The molecule has 0 saturated carbocycles. The Labute approximate surface area is 149 Å². The summed E-state index contributed by atoms with van der Waals surface area (Å²) < 4.78 is 0. The molecule has 0 fully saturated rings. The third-order valence-corrected chi connectivity index (χ3v) is 4.65. The molecule has 2 aromatic carbocycles. The van der Waals surface area contributed by atoms with E-state index in [0.717, 1.165) is 24.6 Å². The minimum Gasteiger partial charge on any atom is -0.355 e. The van der Waals surface area contributed by atoms with Gasteiger partial charge in [0.2, 0.25) is 5.91 Å². The Balaban J connectivity index is 0.00000264. The summed E-state index contributed by atoms with van der Waals surface area (Å²) in [5.41, 5.74) is 1.36. The molecular weight excluding hydrogens is 328 g/mol. The fourth-order valence-corrected chi connectivity index (χ4v) is 3.28. The van der Waals surface area contributed by atoms with Crippen molar-refractivity contribution in [2.75, 3.05) is 25.9 Å². The molecule has 0 aliphatic carbocycles. The molecule has 1 unspecified atom stereocenters. The lowest BCUT2D eigenvalue weighted by Gasteiger charge is -2.11. The Hall–Kier alpha value is -1.23. The van der Waals surface area contributed by atoms with Crippen molar-refractivity contribution in [2.45, 2.75) is 12.7 Å². The van der Waals surface area contributed by atoms with E-state index in [4.69, 9.17) is 0 Å². The first kappa shape index (κ1) is 19.8. The lowest BCUT2D eigenvalue weighted by Crippen LogP contribution is -2.35. The van der Waals surface area contributed by atoms with Gasteiger partial charge in [-0.1, -0.05) is 49.4 Å². The molecule has 0 radical (unpaired) electrons. The molecule has 0 bridgehead atoms. The number of thioether (sulfide) groups is 1. The van der Waals surface area contributed by atoms with Gasteiger partial charge in [-0.25, -0.2) is 0 Å². The number of nitrogens with one attached hydrogen (secondary N) is 2. The molecule has 2 N–H and O–H groups in total. The van der Waals surface area contributed by atoms with E-state index in [1.165, 1.54) is 16.3 Å². The number of carbonyl (C=O) groups is 1. The van der Waals surface area contributed by atoms with Crippen LogP contribution < -0.4 is 10.6 Å². The number of hydrogen-bond acceptors (Lipinski definition) is 3. The van der Waals surface area contributed by atoms with Crippen LogP contribution in [0.25, 0.3) is 10.8 Å². The fraction of sp³-hybridized carbons (Fsp3) is 0.389. The van der Waals surface area contributed by atoms with Crippen LogP contribution in [0.3, 0.4) is 0 Å². The number of amides is 1. The van der Waals surface area contributed by atoms with Crippen LogP contribution in [0.1, 0.15) is 12.5 Å². The van der Waals surface area contributed by atoms with Gasteiger partial charge in [-0.05, 0) is 23.4 Å². The van der Waals surface area contributed by atoms with Gasteiger partial charge in [0.1, 0.15) is 0 Å². The van der Waals surface area contributed by atoms with Crippen molar-refractivity contribution in [3.63, 3.8) is 0 Å². The molecule has 0 heterocycles. The van der Waals surface area contributed by atoms with Gasteiger partial charge >= 0.3 is 0 Å². The number of halogens is 1. The summed E-state index contributed by atoms with van der Waals surface area (Å²) in [6.07, 6.45) is 0. The van der Waals surface area contributed by atoms with Crippen molar-refractivity contribution in [1.82, 2.24) is 10.6 Å². The van der Waals surface area contributed by atoms with Crippen LogP contribution in [0.5, 0.6) is 0 Å². The quantitative estimate of drug-likeness (QED) is 0.715. The van der Waals surface area contributed by atoms with Gasteiger partial charge < -0.3 is 10.6 Å². The van der Waals surface area contributed by atoms with E-state index in [9.17, 15) is 4.79 Å². The summed E-state index contributed by atoms with van der Waals surface area (Å²) in [7, 11) is 1.86. The SMILES string of the molecule is CNCC(C)C(=O)NCCSCc1cccc2ccccc12.Cl. The summed E-state index contributed by atoms with van der Waals surface area (Å²) in [4.78, 5) is 11.8. The van der Waals surface area contributed by atoms with Crippen molar-refractivity contribution in [3.05, 3.63) is 48.0 Å². The first-order chi connectivity index (χ1) is 10.7. The third kappa shape index (κ3) is 6.05. The molecule has 2 rings (SSSR count). The summed E-state index contributed by atoms with van der Waals surface area (Å²) in [5.74, 6) is 2.05. The number of carbonyl (C=O) groups excluding carboxylic acids is 1. The van der Waals surface area contributed by atoms with Crippen LogP contribution in [0, 0.1) is 5.92 Å². The minimum atomic E-state index is 0. The van der Waals surface area contributed by atoms with Crippen molar-refractivity contribution in [2.24, 2.45) is 5.92 Å². The highest BCUT2D eigenvalue weighted by Gasteiger charge is 2.10. The highest BCUT2D eigenvalue weighted by atomic mass is 35.5. The Morgan fingerprint density at radius 2 is 1.91 bits per heavy atom. The maximum atomic E-state index is 11.8. The average Bonchev–Trinajstić information content (AvgIpc) is 2.54. The summed E-state index contributed by atoms with van der Waals surface area (Å²) >= 11 is 1.86. The summed E-state index contributed by atoms with van der Waals surface area (Å²) in [6, 6.07) is 14.9. The second-order valence-electron chi connectivity index (χ2n) is 5.44. The third-order valence-electron chi connectivity index (χ3n) is 3.64. The van der Waals surface area contributed by atoms with Crippen molar-refractivity contribution < 1.29 is 4.79 Å². The van der Waals surface area contributed by atoms with E-state index in [1.807, 2.05) is 25.7 Å². The van der Waals surface area contributed by atoms with Crippen LogP contribution >= 0.6 is 24.2 Å². The molecular formula is C18H25ClN2OS. The predicted octanol–water partition coefficient (Wildman–Crippen LogP) is 3.47. The Bertz CT molecular complexity index is 615. The first-order valence-electron chi connectivity index (χ1n) is 7.69. The van der Waals surface area contributed by atoms with E-state index in [0.29, 0.717) is 0 Å². The van der Waals surface area contributed by atoms with Gasteiger partial charge in [-0.15, -0.1) is 12.4 Å². The molecule has 2 aromatic rings. The Morgan fingerprint density at radius 1 is 1.17 bits per heavy atom. The fourth-order valence-electron chi connectivity index (χ4n) is 2.42. The number of rotatable bonds is 8. The number of benzene rings is 2. The smallest absolute Gasteiger partial charge is 0.224 e. The topological polar surface area (TPSA) is 41.1 Å². The van der Waals surface area contributed by atoms with Crippen molar-refractivity contribution in [1.29, 1.82) is 0 Å². The molecule has 0 aromatic heterocycles. The van der Waals surface area contributed by atoms with E-state index < -0.39 is 0 Å². The summed E-state index contributed by atoms with van der Waals surface area (Å²) in [5, 5.41) is 8.62. The lowest BCUT2D eigenvalue weighted by molar-refractivity contribution is -0.124. The predicted molar refractivity (Wildman–Crippen MR) is 103 cm³/mol. The van der Waals surface area contributed by atoms with E-state index >= 15 is 0 Å². The molecule has 3 nitrogen and oxygen atoms in total. The molecule has 0 aliphatic rings. The van der Waals surface area contributed by atoms with Crippen LogP contribution in [0.4, 0.5) is 0 Å². The van der Waals surface area contributed by atoms with Gasteiger partial charge in [0.05, 0.1) is 0 Å². The second-order valence-corrected chi connectivity index (χ2v) is 6.55. The Kier molecular flexibility index (Phi) is 9.07. The molecule has 126 valence electrons. The zero-order valence-corrected chi connectivity index (χ0v) is 15.3. The van der Waals surface area contributed by atoms with Crippen LogP contribution in [0.2, 0.25) is 0 Å². The number of hydrogen-bond donors (Lipinski definition) is 2. The normalized spacial score (nSPS) is 11.7. The zero-order valence-electron chi connectivity index (χ0n) is 13.7. The minimum absolute atomic E-state index is 0. The second kappa shape index (κ2) is 10.5. The van der Waals surface area contributed by atoms with Crippen molar-refractivity contribution >= 4 is 40.8 Å². The van der Waals surface area contributed by atoms with Gasteiger partial charge in [-0.3, -0.25) is 4.79 Å². The van der Waals surface area contributed by atoms with E-state index in [2.05, 4.69) is 53.1 Å². The van der Waals surface area contributed by atoms with E-state index in [1.54, 1.807) is 0 Å². The monoisotopic (exact) mass is 352 g/mol. The molecule has 23 heavy (non-hydrogen) atoms. The number of fused-ring (bicyclic) bond motifs is 1. The Morgan fingerprint density at radius 3 is 2.70 bits per heavy atom. The van der Waals surface area contributed by atoms with Crippen molar-refractivity contribution in [3.8, 4) is 0 Å². The molecule has 1 amide bonds. The standard InChI is InChI=1S/C18H24N2OS.ClH/c1-14(12-19-2)18(21)20-10-11-22-13-16-8-5-7-15-6-3-4-9-17(15)16;/h3-9,14,19H,10-13H2,1-2H3,(H,20,21);1H. The first-order valence-corrected chi connectivity index (χ1v) is 8.84. The maximum Gasteiger partial charge on any atom is 0.224 e. The zero-order chi connectivity index (χ0) is 15.8. The van der Waals surface area contributed by atoms with Gasteiger partial charge in [-0.2, -0.15) is 11.8 Å². The van der Waals surface area contributed by atoms with E-state index in [-0.39, 0.29) is 24.2 Å². The molecule has 1 atom stereocenters.